The van der Waals surface area contributed by atoms with Gasteiger partial charge in [0.2, 0.25) is 5.91 Å². The van der Waals surface area contributed by atoms with Crippen LogP contribution in [0.4, 0.5) is 0 Å². The van der Waals surface area contributed by atoms with Gasteiger partial charge in [0.1, 0.15) is 12.4 Å². The molecule has 1 aliphatic rings. The van der Waals surface area contributed by atoms with Gasteiger partial charge in [-0.1, -0.05) is 18.1 Å². The van der Waals surface area contributed by atoms with Crippen molar-refractivity contribution < 1.29 is 14.3 Å². The molecule has 0 fully saturated rings. The summed E-state index contributed by atoms with van der Waals surface area (Å²) in [6.07, 6.45) is 6.82. The summed E-state index contributed by atoms with van der Waals surface area (Å²) < 4.78 is 5.26. The molecule has 5 nitrogen and oxygen atoms in total. The van der Waals surface area contributed by atoms with Crippen LogP contribution in [0.15, 0.2) is 34.2 Å². The van der Waals surface area contributed by atoms with Gasteiger partial charge in [0.05, 0.1) is 4.91 Å². The molecule has 0 saturated carbocycles. The van der Waals surface area contributed by atoms with Crippen LogP contribution in [0.25, 0.3) is 6.08 Å². The largest absolute Gasteiger partial charge is 0.481 e. The van der Waals surface area contributed by atoms with E-state index in [1.807, 2.05) is 12.1 Å². The zero-order valence-corrected chi connectivity index (χ0v) is 12.1. The summed E-state index contributed by atoms with van der Waals surface area (Å²) in [5.41, 5.74) is 0.832. The third-order valence-electron chi connectivity index (χ3n) is 2.40. The highest BCUT2D eigenvalue weighted by atomic mass is 32.2. The molecule has 0 spiro atoms. The molecule has 1 heterocycles. The van der Waals surface area contributed by atoms with Crippen LogP contribution in [-0.2, 0) is 9.59 Å². The molecule has 0 aliphatic carbocycles. The average Bonchev–Trinajstić information content (AvgIpc) is 2.77. The molecule has 0 radical (unpaired) electrons. The number of aliphatic imine (C=N–C) groups is 1. The molecular formula is C15H12N2O3S. The Bertz CT molecular complexity index is 669. The van der Waals surface area contributed by atoms with Crippen LogP contribution in [0.3, 0.4) is 0 Å². The van der Waals surface area contributed by atoms with Crippen molar-refractivity contribution in [1.29, 1.82) is 0 Å². The molecule has 1 aliphatic heterocycles. The Balaban J connectivity index is 2.06. The van der Waals surface area contributed by atoms with E-state index >= 15 is 0 Å². The quantitative estimate of drug-likeness (QED) is 0.683. The lowest BCUT2D eigenvalue weighted by molar-refractivity contribution is -0.117. The number of hydrogen-bond acceptors (Lipinski definition) is 4. The first-order valence-electron chi connectivity index (χ1n) is 6.05. The molecule has 2 rings (SSSR count). The van der Waals surface area contributed by atoms with E-state index in [9.17, 15) is 9.59 Å². The topological polar surface area (TPSA) is 67.8 Å². The number of benzene rings is 1. The molecule has 0 unspecified atom stereocenters. The van der Waals surface area contributed by atoms with E-state index in [0.717, 1.165) is 17.3 Å². The maximum Gasteiger partial charge on any atom is 0.286 e. The minimum Gasteiger partial charge on any atom is -0.481 e. The third-order valence-corrected chi connectivity index (χ3v) is 3.30. The summed E-state index contributed by atoms with van der Waals surface area (Å²) in [7, 11) is 0. The van der Waals surface area contributed by atoms with Crippen molar-refractivity contribution in [2.24, 2.45) is 4.99 Å². The van der Waals surface area contributed by atoms with Gasteiger partial charge in [0.15, 0.2) is 5.17 Å². The van der Waals surface area contributed by atoms with Gasteiger partial charge in [-0.05, 0) is 35.5 Å². The highest BCUT2D eigenvalue weighted by Crippen LogP contribution is 2.27. The molecule has 1 aromatic rings. The van der Waals surface area contributed by atoms with Crippen LogP contribution in [0, 0.1) is 12.3 Å². The minimum absolute atomic E-state index is 0.211. The molecule has 21 heavy (non-hydrogen) atoms. The molecule has 6 heteroatoms. The van der Waals surface area contributed by atoms with Gasteiger partial charge in [-0.15, -0.1) is 6.42 Å². The zero-order valence-electron chi connectivity index (χ0n) is 11.3. The van der Waals surface area contributed by atoms with Gasteiger partial charge in [-0.2, -0.15) is 4.99 Å². The normalized spacial score (nSPS) is 15.5. The van der Waals surface area contributed by atoms with Crippen LogP contribution >= 0.6 is 11.8 Å². The number of carbonyl (C=O) groups is 2. The lowest BCUT2D eigenvalue weighted by Gasteiger charge is -2.02. The second kappa shape index (κ2) is 6.77. The lowest BCUT2D eigenvalue weighted by atomic mass is 10.2. The van der Waals surface area contributed by atoms with E-state index in [2.05, 4.69) is 16.2 Å². The number of thioether (sulfide) groups is 1. The van der Waals surface area contributed by atoms with Crippen molar-refractivity contribution in [1.82, 2.24) is 5.32 Å². The first-order valence-corrected chi connectivity index (χ1v) is 6.86. The Morgan fingerprint density at radius 2 is 2.19 bits per heavy atom. The van der Waals surface area contributed by atoms with E-state index in [-0.39, 0.29) is 18.4 Å². The molecule has 0 aromatic heterocycles. The van der Waals surface area contributed by atoms with Crippen molar-refractivity contribution in [2.45, 2.75) is 6.92 Å². The summed E-state index contributed by atoms with van der Waals surface area (Å²) in [6.45, 7) is 1.58. The Morgan fingerprint density at radius 1 is 1.48 bits per heavy atom. The number of carbonyl (C=O) groups excluding carboxylic acids is 2. The van der Waals surface area contributed by atoms with Gasteiger partial charge < -0.3 is 10.1 Å². The minimum atomic E-state index is -0.364. The number of rotatable bonds is 3. The fraction of sp³-hybridized carbons (Fsp3) is 0.133. The number of ether oxygens (including phenoxy) is 1. The Kier molecular flexibility index (Phi) is 4.80. The van der Waals surface area contributed by atoms with E-state index < -0.39 is 0 Å². The predicted octanol–water partition coefficient (Wildman–Crippen LogP) is 1.80. The van der Waals surface area contributed by atoms with Gasteiger partial charge in [-0.3, -0.25) is 9.59 Å². The molecule has 1 N–H and O–H groups in total. The Hall–Kier alpha value is -2.52. The van der Waals surface area contributed by atoms with Gasteiger partial charge in [0.25, 0.3) is 5.91 Å². The van der Waals surface area contributed by atoms with Gasteiger partial charge in [-0.25, -0.2) is 0 Å². The predicted molar refractivity (Wildman–Crippen MR) is 82.6 cm³/mol. The van der Waals surface area contributed by atoms with Crippen LogP contribution in [0.1, 0.15) is 12.5 Å². The molecule has 1 aromatic carbocycles. The van der Waals surface area contributed by atoms with Gasteiger partial charge >= 0.3 is 0 Å². The van der Waals surface area contributed by atoms with Crippen LogP contribution in [-0.4, -0.2) is 23.6 Å². The van der Waals surface area contributed by atoms with Crippen LogP contribution in [0.5, 0.6) is 5.75 Å². The third kappa shape index (κ3) is 4.23. The molecule has 106 valence electrons. The van der Waals surface area contributed by atoms with Gasteiger partial charge in [0, 0.05) is 6.92 Å². The average molecular weight is 300 g/mol. The maximum atomic E-state index is 11.7. The highest BCUT2D eigenvalue weighted by Gasteiger charge is 2.22. The van der Waals surface area contributed by atoms with E-state index in [0.29, 0.717) is 15.8 Å². The van der Waals surface area contributed by atoms with E-state index in [1.54, 1.807) is 18.2 Å². The highest BCUT2D eigenvalue weighted by molar-refractivity contribution is 8.18. The molecule has 2 amide bonds. The summed E-state index contributed by atoms with van der Waals surface area (Å²) in [4.78, 5) is 26.8. The maximum absolute atomic E-state index is 11.7. The second-order valence-corrected chi connectivity index (χ2v) is 5.11. The van der Waals surface area contributed by atoms with Crippen molar-refractivity contribution >= 4 is 34.8 Å². The SMILES string of the molecule is C#CCOc1ccc(/C=C2\SC(NC(C)=O)=NC2=O)cc1. The van der Waals surface area contributed by atoms with E-state index in [4.69, 9.17) is 11.2 Å². The smallest absolute Gasteiger partial charge is 0.286 e. The van der Waals surface area contributed by atoms with Crippen molar-refractivity contribution in [3.8, 4) is 18.1 Å². The summed E-state index contributed by atoms with van der Waals surface area (Å²) in [6, 6.07) is 7.15. The molecular weight excluding hydrogens is 288 g/mol. The standard InChI is InChI=1S/C15H12N2O3S/c1-3-8-20-12-6-4-11(5-7-12)9-13-14(19)17-15(21-13)16-10(2)18/h1,4-7,9H,8H2,2H3,(H,16,17,18,19)/b13-9-. The second-order valence-electron chi connectivity index (χ2n) is 4.08. The lowest BCUT2D eigenvalue weighted by Crippen LogP contribution is -2.23. The number of nitrogens with one attached hydrogen (secondary N) is 1. The Morgan fingerprint density at radius 3 is 2.81 bits per heavy atom. The number of terminal acetylenes is 1. The van der Waals surface area contributed by atoms with Crippen molar-refractivity contribution in [3.63, 3.8) is 0 Å². The van der Waals surface area contributed by atoms with Crippen molar-refractivity contribution in [2.75, 3.05) is 6.61 Å². The number of hydrogen-bond donors (Lipinski definition) is 1. The first-order chi connectivity index (χ1) is 10.1. The van der Waals surface area contributed by atoms with Crippen LogP contribution < -0.4 is 10.1 Å². The van der Waals surface area contributed by atoms with E-state index in [1.165, 1.54) is 6.92 Å². The number of nitrogens with zero attached hydrogens (tertiary/aromatic N) is 1. The summed E-state index contributed by atoms with van der Waals surface area (Å²) in [5, 5.41) is 2.79. The molecule has 0 bridgehead atoms. The fourth-order valence-electron chi connectivity index (χ4n) is 1.55. The molecule has 0 saturated heterocycles. The summed E-state index contributed by atoms with van der Waals surface area (Å²) in [5.74, 6) is 2.42. The first kappa shape index (κ1) is 14.9. The van der Waals surface area contributed by atoms with Crippen molar-refractivity contribution in [3.05, 3.63) is 34.7 Å². The molecule has 0 atom stereocenters. The number of amides is 2. The fourth-order valence-corrected chi connectivity index (χ4v) is 2.41. The Labute approximate surface area is 126 Å². The van der Waals surface area contributed by atoms with Crippen LogP contribution in [0.2, 0.25) is 0 Å². The zero-order chi connectivity index (χ0) is 15.2. The monoisotopic (exact) mass is 300 g/mol. The number of amidine groups is 1. The summed E-state index contributed by atoms with van der Waals surface area (Å²) >= 11 is 1.13.